The highest BCUT2D eigenvalue weighted by atomic mass is 32.2. The minimum atomic E-state index is -4.34. The first kappa shape index (κ1) is 27.6. The summed E-state index contributed by atoms with van der Waals surface area (Å²) in [6.07, 6.45) is 1.53. The lowest BCUT2D eigenvalue weighted by atomic mass is 10.2. The van der Waals surface area contributed by atoms with Gasteiger partial charge in [0.05, 0.1) is 28.3 Å². The van der Waals surface area contributed by atoms with Gasteiger partial charge in [-0.2, -0.15) is 4.31 Å². The van der Waals surface area contributed by atoms with Gasteiger partial charge >= 0.3 is 0 Å². The molecule has 0 aromatic heterocycles. The Kier molecular flexibility index (Phi) is 8.05. The average Bonchev–Trinajstić information content (AvgIpc) is 3.44. The molecule has 202 valence electrons. The number of halogens is 1. The number of carbonyl (C=O) groups is 1. The van der Waals surface area contributed by atoms with Crippen molar-refractivity contribution in [1.82, 2.24) is 4.31 Å². The molecule has 1 aliphatic rings. The zero-order valence-corrected chi connectivity index (χ0v) is 22.6. The van der Waals surface area contributed by atoms with Gasteiger partial charge in [0.2, 0.25) is 15.9 Å². The number of ether oxygens (including phenoxy) is 1. The summed E-state index contributed by atoms with van der Waals surface area (Å²) in [5.41, 5.74) is 0.564. The SMILES string of the molecule is COc1ccc(S(=O)(=O)N2CCCC2)cc1NC(=O)CN(c1ccccc1F)S(=O)(=O)c1ccc(C)cc1. The van der Waals surface area contributed by atoms with E-state index in [0.29, 0.717) is 17.4 Å². The molecule has 4 rings (SSSR count). The number of carbonyl (C=O) groups excluding carboxylic acids is 1. The third-order valence-corrected chi connectivity index (χ3v) is 9.83. The second-order valence-electron chi connectivity index (χ2n) is 8.80. The topological polar surface area (TPSA) is 113 Å². The van der Waals surface area contributed by atoms with Crippen molar-refractivity contribution in [1.29, 1.82) is 0 Å². The number of benzene rings is 3. The van der Waals surface area contributed by atoms with Crippen LogP contribution in [0.2, 0.25) is 0 Å². The molecule has 9 nitrogen and oxygen atoms in total. The molecule has 0 radical (unpaired) electrons. The highest BCUT2D eigenvalue weighted by Gasteiger charge is 2.31. The van der Waals surface area contributed by atoms with Crippen LogP contribution in [0.25, 0.3) is 0 Å². The summed E-state index contributed by atoms with van der Waals surface area (Å²) in [7, 11) is -6.77. The van der Waals surface area contributed by atoms with Crippen LogP contribution >= 0.6 is 0 Å². The molecule has 0 spiro atoms. The van der Waals surface area contributed by atoms with Crippen LogP contribution in [0.4, 0.5) is 15.8 Å². The molecule has 0 bridgehead atoms. The van der Waals surface area contributed by atoms with Crippen LogP contribution in [0.3, 0.4) is 0 Å². The summed E-state index contributed by atoms with van der Waals surface area (Å²) in [6, 6.07) is 15.3. The predicted molar refractivity (Wildman–Crippen MR) is 142 cm³/mol. The summed E-state index contributed by atoms with van der Waals surface area (Å²) < 4.78 is 75.2. The number of methoxy groups -OCH3 is 1. The highest BCUT2D eigenvalue weighted by molar-refractivity contribution is 7.92. The van der Waals surface area contributed by atoms with Gasteiger partial charge in [-0.1, -0.05) is 29.8 Å². The lowest BCUT2D eigenvalue weighted by Crippen LogP contribution is -2.38. The van der Waals surface area contributed by atoms with Gasteiger partial charge in [-0.15, -0.1) is 0 Å². The van der Waals surface area contributed by atoms with Gasteiger partial charge < -0.3 is 10.1 Å². The van der Waals surface area contributed by atoms with E-state index in [9.17, 15) is 26.0 Å². The number of sulfonamides is 2. The Balaban J connectivity index is 1.67. The first-order chi connectivity index (χ1) is 18.0. The van der Waals surface area contributed by atoms with E-state index in [4.69, 9.17) is 4.74 Å². The number of aryl methyl sites for hydroxylation is 1. The van der Waals surface area contributed by atoms with Crippen LogP contribution in [0.1, 0.15) is 18.4 Å². The molecule has 1 fully saturated rings. The molecule has 1 saturated heterocycles. The molecule has 1 aliphatic heterocycles. The summed E-state index contributed by atoms with van der Waals surface area (Å²) >= 11 is 0. The van der Waals surface area contributed by atoms with Gasteiger partial charge in [0.1, 0.15) is 18.1 Å². The molecule has 38 heavy (non-hydrogen) atoms. The van der Waals surface area contributed by atoms with Gasteiger partial charge in [-0.3, -0.25) is 9.10 Å². The third-order valence-electron chi connectivity index (χ3n) is 6.17. The number of amides is 1. The van der Waals surface area contributed by atoms with E-state index in [0.717, 1.165) is 24.5 Å². The second-order valence-corrected chi connectivity index (χ2v) is 12.6. The molecular formula is C26H28FN3O6S2. The number of hydrogen-bond acceptors (Lipinski definition) is 6. The number of rotatable bonds is 9. The predicted octanol–water partition coefficient (Wildman–Crippen LogP) is 3.76. The lowest BCUT2D eigenvalue weighted by Gasteiger charge is -2.25. The summed E-state index contributed by atoms with van der Waals surface area (Å²) in [4.78, 5) is 13.0. The molecule has 3 aromatic carbocycles. The van der Waals surface area contributed by atoms with Crippen LogP contribution in [-0.2, 0) is 24.8 Å². The average molecular weight is 562 g/mol. The Hall–Kier alpha value is -3.48. The fourth-order valence-electron chi connectivity index (χ4n) is 4.13. The fourth-order valence-corrected chi connectivity index (χ4v) is 7.11. The Morgan fingerprint density at radius 3 is 2.24 bits per heavy atom. The number of anilines is 2. The highest BCUT2D eigenvalue weighted by Crippen LogP contribution is 2.31. The Labute approximate surface area is 221 Å². The number of hydrogen-bond donors (Lipinski definition) is 1. The van der Waals surface area contributed by atoms with Crippen LogP contribution in [0.15, 0.2) is 76.5 Å². The van der Waals surface area contributed by atoms with Crippen LogP contribution in [0, 0.1) is 12.7 Å². The largest absolute Gasteiger partial charge is 0.495 e. The maximum atomic E-state index is 14.7. The van der Waals surface area contributed by atoms with Crippen LogP contribution in [0.5, 0.6) is 5.75 Å². The van der Waals surface area contributed by atoms with E-state index >= 15 is 0 Å². The van der Waals surface area contributed by atoms with Gasteiger partial charge in [0.25, 0.3) is 10.0 Å². The van der Waals surface area contributed by atoms with Crippen molar-refractivity contribution >= 4 is 37.3 Å². The second kappa shape index (κ2) is 11.1. The minimum absolute atomic E-state index is 0.0336. The number of para-hydroxylation sites is 1. The Morgan fingerprint density at radius 1 is 0.974 bits per heavy atom. The van der Waals surface area contributed by atoms with E-state index < -0.39 is 38.3 Å². The normalized spacial score (nSPS) is 14.3. The maximum absolute atomic E-state index is 14.7. The van der Waals surface area contributed by atoms with Gasteiger partial charge in [-0.05, 0) is 62.2 Å². The van der Waals surface area contributed by atoms with E-state index in [1.807, 2.05) is 0 Å². The first-order valence-corrected chi connectivity index (χ1v) is 14.7. The molecule has 1 amide bonds. The van der Waals surface area contributed by atoms with Crippen molar-refractivity contribution in [3.63, 3.8) is 0 Å². The van der Waals surface area contributed by atoms with Crippen molar-refractivity contribution in [2.75, 3.05) is 36.4 Å². The van der Waals surface area contributed by atoms with Gasteiger partial charge in [0, 0.05) is 13.1 Å². The van der Waals surface area contributed by atoms with Crippen molar-refractivity contribution in [2.24, 2.45) is 0 Å². The van der Waals surface area contributed by atoms with E-state index in [-0.39, 0.29) is 26.9 Å². The van der Waals surface area contributed by atoms with E-state index in [1.165, 1.54) is 59.9 Å². The van der Waals surface area contributed by atoms with Crippen LogP contribution < -0.4 is 14.4 Å². The molecule has 12 heteroatoms. The first-order valence-electron chi connectivity index (χ1n) is 11.9. The molecule has 0 saturated carbocycles. The molecular weight excluding hydrogens is 533 g/mol. The third kappa shape index (κ3) is 5.66. The van der Waals surface area contributed by atoms with E-state index in [1.54, 1.807) is 19.1 Å². The van der Waals surface area contributed by atoms with Crippen molar-refractivity contribution in [3.8, 4) is 5.75 Å². The monoisotopic (exact) mass is 561 g/mol. The molecule has 1 N–H and O–H groups in total. The molecule has 0 aliphatic carbocycles. The van der Waals surface area contributed by atoms with E-state index in [2.05, 4.69) is 5.32 Å². The Morgan fingerprint density at radius 2 is 1.61 bits per heavy atom. The smallest absolute Gasteiger partial charge is 0.264 e. The fraction of sp³-hybridized carbons (Fsp3) is 0.269. The zero-order valence-electron chi connectivity index (χ0n) is 20.9. The number of nitrogens with zero attached hydrogens (tertiary/aromatic N) is 2. The Bertz CT molecular complexity index is 1540. The van der Waals surface area contributed by atoms with Crippen molar-refractivity contribution in [3.05, 3.63) is 78.1 Å². The standard InChI is InChI=1S/C26H28FN3O6S2/c1-19-9-11-20(12-10-19)38(34,35)30(24-8-4-3-7-22(24)27)18-26(31)28-23-17-21(13-14-25(23)36-2)37(32,33)29-15-5-6-16-29/h3-4,7-14,17H,5-6,15-16,18H2,1-2H3,(H,28,31). The number of nitrogens with one attached hydrogen (secondary N) is 1. The van der Waals surface area contributed by atoms with Crippen molar-refractivity contribution < 1.29 is 30.8 Å². The molecule has 0 atom stereocenters. The zero-order chi connectivity index (χ0) is 27.5. The quantitative estimate of drug-likeness (QED) is 0.426. The lowest BCUT2D eigenvalue weighted by molar-refractivity contribution is -0.114. The maximum Gasteiger partial charge on any atom is 0.264 e. The minimum Gasteiger partial charge on any atom is -0.495 e. The summed E-state index contributed by atoms with van der Waals surface area (Å²) in [6.45, 7) is 1.84. The molecule has 3 aromatic rings. The van der Waals surface area contributed by atoms with Gasteiger partial charge in [0.15, 0.2) is 0 Å². The van der Waals surface area contributed by atoms with Crippen LogP contribution in [-0.4, -0.2) is 53.8 Å². The summed E-state index contributed by atoms with van der Waals surface area (Å²) in [5, 5.41) is 2.54. The summed E-state index contributed by atoms with van der Waals surface area (Å²) in [5.74, 6) is -1.47. The van der Waals surface area contributed by atoms with Gasteiger partial charge in [-0.25, -0.2) is 21.2 Å². The molecule has 0 unspecified atom stereocenters. The molecule has 1 heterocycles. The van der Waals surface area contributed by atoms with Crippen molar-refractivity contribution in [2.45, 2.75) is 29.6 Å².